The molecule has 0 amide bonds. The van der Waals surface area contributed by atoms with Crippen molar-refractivity contribution in [2.24, 2.45) is 5.92 Å². The number of nitrogens with zero attached hydrogens (tertiary/aromatic N) is 1. The summed E-state index contributed by atoms with van der Waals surface area (Å²) in [5.41, 5.74) is 1.08. The van der Waals surface area contributed by atoms with Crippen molar-refractivity contribution in [3.63, 3.8) is 0 Å². The van der Waals surface area contributed by atoms with Crippen LogP contribution >= 0.6 is 0 Å². The first-order valence-corrected chi connectivity index (χ1v) is 8.50. The lowest BCUT2D eigenvalue weighted by atomic mass is 9.85. The van der Waals surface area contributed by atoms with Gasteiger partial charge in [-0.3, -0.25) is 4.79 Å². The summed E-state index contributed by atoms with van der Waals surface area (Å²) >= 11 is 0. The van der Waals surface area contributed by atoms with E-state index in [2.05, 4.69) is 27.9 Å². The van der Waals surface area contributed by atoms with Gasteiger partial charge in [0.25, 0.3) is 0 Å². The Balaban J connectivity index is 2.04. The Kier molecular flexibility index (Phi) is 5.63. The summed E-state index contributed by atoms with van der Waals surface area (Å²) in [6.45, 7) is 6.43. The van der Waals surface area contributed by atoms with E-state index in [4.69, 9.17) is 4.74 Å². The van der Waals surface area contributed by atoms with Crippen molar-refractivity contribution in [1.29, 1.82) is 0 Å². The molecule has 0 radical (unpaired) electrons. The molecule has 0 aliphatic carbocycles. The molecule has 2 atom stereocenters. The molecule has 0 N–H and O–H groups in total. The maximum absolute atomic E-state index is 12.7. The fraction of sp³-hybridized carbons (Fsp3) is 0.632. The molecule has 1 heterocycles. The molecule has 0 saturated carbocycles. The van der Waals surface area contributed by atoms with Crippen LogP contribution in [0.15, 0.2) is 30.3 Å². The van der Waals surface area contributed by atoms with E-state index in [1.165, 1.54) is 0 Å². The van der Waals surface area contributed by atoms with Crippen LogP contribution in [-0.4, -0.2) is 43.7 Å². The molecule has 0 bridgehead atoms. The summed E-state index contributed by atoms with van der Waals surface area (Å²) in [6, 6.07) is 10.1. The van der Waals surface area contributed by atoms with Gasteiger partial charge < -0.3 is 9.22 Å². The highest BCUT2D eigenvalue weighted by atomic mass is 16.5. The van der Waals surface area contributed by atoms with Crippen molar-refractivity contribution in [3.8, 4) is 0 Å². The zero-order valence-electron chi connectivity index (χ0n) is 14.4. The van der Waals surface area contributed by atoms with Gasteiger partial charge in [-0.05, 0) is 11.5 Å². The SMILES string of the molecule is CC[C@@H](C)[C@H](C(=O)OC1CC[N+](C)(C)CC1)c1ccccc1. The Hall–Kier alpha value is -1.35. The van der Waals surface area contributed by atoms with Gasteiger partial charge >= 0.3 is 5.97 Å². The van der Waals surface area contributed by atoms with Crippen molar-refractivity contribution in [1.82, 2.24) is 0 Å². The highest BCUT2D eigenvalue weighted by Gasteiger charge is 2.33. The van der Waals surface area contributed by atoms with Gasteiger partial charge in [-0.2, -0.15) is 0 Å². The summed E-state index contributed by atoms with van der Waals surface area (Å²) in [5, 5.41) is 0. The maximum Gasteiger partial charge on any atom is 0.313 e. The van der Waals surface area contributed by atoms with Gasteiger partial charge in [0.15, 0.2) is 0 Å². The van der Waals surface area contributed by atoms with Gasteiger partial charge in [-0.1, -0.05) is 50.6 Å². The number of carbonyl (C=O) groups excluding carboxylic acids is 1. The predicted octanol–water partition coefficient (Wildman–Crippen LogP) is 3.60. The average Bonchev–Trinajstić information content (AvgIpc) is 2.50. The first kappa shape index (κ1) is 17.0. The number of quaternary nitrogens is 1. The minimum Gasteiger partial charge on any atom is -0.461 e. The molecule has 2 rings (SSSR count). The lowest BCUT2D eigenvalue weighted by molar-refractivity contribution is -0.896. The molecular weight excluding hydrogens is 274 g/mol. The summed E-state index contributed by atoms with van der Waals surface area (Å²) in [6.07, 6.45) is 3.01. The van der Waals surface area contributed by atoms with Crippen LogP contribution in [0.3, 0.4) is 0 Å². The Morgan fingerprint density at radius 1 is 1.23 bits per heavy atom. The normalized spacial score (nSPS) is 21.1. The third kappa shape index (κ3) is 4.33. The topological polar surface area (TPSA) is 26.3 Å². The van der Waals surface area contributed by atoms with E-state index >= 15 is 0 Å². The molecule has 1 aromatic rings. The van der Waals surface area contributed by atoms with Gasteiger partial charge in [0.1, 0.15) is 6.10 Å². The standard InChI is InChI=1S/C19H30NO2/c1-5-15(2)18(16-9-7-6-8-10-16)19(21)22-17-11-13-20(3,4)14-12-17/h6-10,15,17-18H,5,11-14H2,1-4H3/q+1/t15-,18+/m1/s1. The van der Waals surface area contributed by atoms with Crippen LogP contribution in [0.2, 0.25) is 0 Å². The number of hydrogen-bond acceptors (Lipinski definition) is 2. The second-order valence-electron chi connectivity index (χ2n) is 7.29. The summed E-state index contributed by atoms with van der Waals surface area (Å²) in [4.78, 5) is 12.7. The molecule has 122 valence electrons. The quantitative estimate of drug-likeness (QED) is 0.614. The van der Waals surface area contributed by atoms with Crippen molar-refractivity contribution in [3.05, 3.63) is 35.9 Å². The van der Waals surface area contributed by atoms with Crippen LogP contribution in [0, 0.1) is 5.92 Å². The maximum atomic E-state index is 12.7. The molecule has 1 aromatic carbocycles. The predicted molar refractivity (Wildman–Crippen MR) is 89.6 cm³/mol. The molecule has 1 aliphatic heterocycles. The van der Waals surface area contributed by atoms with E-state index in [1.54, 1.807) is 0 Å². The van der Waals surface area contributed by atoms with Crippen LogP contribution in [0.4, 0.5) is 0 Å². The van der Waals surface area contributed by atoms with Crippen molar-refractivity contribution in [2.75, 3.05) is 27.2 Å². The number of esters is 1. The number of piperidine rings is 1. The van der Waals surface area contributed by atoms with E-state index in [0.29, 0.717) is 5.92 Å². The number of ether oxygens (including phenoxy) is 1. The molecule has 0 spiro atoms. The van der Waals surface area contributed by atoms with Crippen LogP contribution in [-0.2, 0) is 9.53 Å². The minimum absolute atomic E-state index is 0.0437. The number of hydrogen-bond donors (Lipinski definition) is 0. The molecule has 0 unspecified atom stereocenters. The fourth-order valence-electron chi connectivity index (χ4n) is 3.19. The Bertz CT molecular complexity index is 473. The third-order valence-electron chi connectivity index (χ3n) is 5.02. The van der Waals surface area contributed by atoms with E-state index in [1.807, 2.05) is 30.3 Å². The smallest absolute Gasteiger partial charge is 0.313 e. The van der Waals surface area contributed by atoms with Gasteiger partial charge in [0.05, 0.1) is 33.1 Å². The van der Waals surface area contributed by atoms with E-state index in [0.717, 1.165) is 42.4 Å². The molecule has 3 nitrogen and oxygen atoms in total. The van der Waals surface area contributed by atoms with E-state index in [9.17, 15) is 4.79 Å². The molecule has 1 aliphatic rings. The minimum atomic E-state index is -0.143. The number of rotatable bonds is 5. The molecule has 22 heavy (non-hydrogen) atoms. The van der Waals surface area contributed by atoms with E-state index < -0.39 is 0 Å². The zero-order valence-corrected chi connectivity index (χ0v) is 14.4. The van der Waals surface area contributed by atoms with Crippen molar-refractivity contribution in [2.45, 2.75) is 45.1 Å². The Morgan fingerprint density at radius 3 is 2.36 bits per heavy atom. The molecule has 0 aromatic heterocycles. The second kappa shape index (κ2) is 7.28. The summed E-state index contributed by atoms with van der Waals surface area (Å²) < 4.78 is 6.90. The van der Waals surface area contributed by atoms with Gasteiger partial charge in [0, 0.05) is 12.8 Å². The Morgan fingerprint density at radius 2 is 1.82 bits per heavy atom. The average molecular weight is 304 g/mol. The highest BCUT2D eigenvalue weighted by molar-refractivity contribution is 5.78. The van der Waals surface area contributed by atoms with Crippen molar-refractivity contribution < 1.29 is 14.0 Å². The summed E-state index contributed by atoms with van der Waals surface area (Å²) in [7, 11) is 4.48. The van der Waals surface area contributed by atoms with Crippen LogP contribution in [0.5, 0.6) is 0 Å². The highest BCUT2D eigenvalue weighted by Crippen LogP contribution is 2.30. The first-order valence-electron chi connectivity index (χ1n) is 8.50. The van der Waals surface area contributed by atoms with Gasteiger partial charge in [-0.15, -0.1) is 0 Å². The second-order valence-corrected chi connectivity index (χ2v) is 7.29. The lowest BCUT2D eigenvalue weighted by Crippen LogP contribution is -2.48. The largest absolute Gasteiger partial charge is 0.461 e. The summed E-state index contributed by atoms with van der Waals surface area (Å²) in [5.74, 6) is 0.110. The van der Waals surface area contributed by atoms with Crippen LogP contribution in [0.25, 0.3) is 0 Å². The Labute approximate surface area is 134 Å². The molecular formula is C19H30NO2+. The molecule has 1 fully saturated rings. The van der Waals surface area contributed by atoms with Gasteiger partial charge in [0.2, 0.25) is 0 Å². The third-order valence-corrected chi connectivity index (χ3v) is 5.02. The monoisotopic (exact) mass is 304 g/mol. The van der Waals surface area contributed by atoms with E-state index in [-0.39, 0.29) is 18.0 Å². The van der Waals surface area contributed by atoms with Crippen LogP contribution in [0.1, 0.15) is 44.6 Å². The number of carbonyl (C=O) groups is 1. The first-order chi connectivity index (χ1) is 10.4. The van der Waals surface area contributed by atoms with Crippen molar-refractivity contribution >= 4 is 5.97 Å². The number of benzene rings is 1. The lowest BCUT2D eigenvalue weighted by Gasteiger charge is -2.37. The fourth-order valence-corrected chi connectivity index (χ4v) is 3.19. The van der Waals surface area contributed by atoms with Crippen LogP contribution < -0.4 is 0 Å². The zero-order chi connectivity index (χ0) is 16.2. The number of likely N-dealkylation sites (tertiary alicyclic amines) is 1. The molecule has 1 saturated heterocycles. The van der Waals surface area contributed by atoms with Gasteiger partial charge in [-0.25, -0.2) is 0 Å². The molecule has 3 heteroatoms.